The molecule has 0 aliphatic heterocycles. The van der Waals surface area contributed by atoms with Gasteiger partial charge in [-0.1, -0.05) is 42.5 Å². The van der Waals surface area contributed by atoms with Gasteiger partial charge in [-0.2, -0.15) is 0 Å². The Bertz CT molecular complexity index is 634. The number of carbonyl (C=O) groups excluding carboxylic acids is 1. The molecule has 2 aromatic rings. The largest absolute Gasteiger partial charge is 0.489 e. The first-order valence-corrected chi connectivity index (χ1v) is 7.49. The first kappa shape index (κ1) is 14.6. The zero-order valence-electron chi connectivity index (χ0n) is 12.4. The molecule has 114 valence electrons. The lowest BCUT2D eigenvalue weighted by Gasteiger charge is -2.11. The number of ether oxygens (including phenoxy) is 1. The molecule has 0 heterocycles. The van der Waals surface area contributed by atoms with Crippen molar-refractivity contribution in [1.82, 2.24) is 5.32 Å². The van der Waals surface area contributed by atoms with E-state index in [1.807, 2.05) is 54.6 Å². The Labute approximate surface area is 130 Å². The molecule has 0 bridgehead atoms. The molecule has 1 saturated carbocycles. The molecule has 22 heavy (non-hydrogen) atoms. The van der Waals surface area contributed by atoms with Gasteiger partial charge in [-0.15, -0.1) is 0 Å². The van der Waals surface area contributed by atoms with Crippen LogP contribution in [0.25, 0.3) is 0 Å². The molecule has 4 nitrogen and oxygen atoms in total. The molecule has 4 heteroatoms. The van der Waals surface area contributed by atoms with Gasteiger partial charge in [-0.3, -0.25) is 4.79 Å². The molecule has 0 spiro atoms. The molecule has 1 aliphatic rings. The summed E-state index contributed by atoms with van der Waals surface area (Å²) in [5.74, 6) is 0.758. The lowest BCUT2D eigenvalue weighted by molar-refractivity contribution is -0.123. The zero-order valence-corrected chi connectivity index (χ0v) is 12.4. The van der Waals surface area contributed by atoms with E-state index in [0.29, 0.717) is 13.2 Å². The average molecular weight is 296 g/mol. The van der Waals surface area contributed by atoms with Crippen LogP contribution in [0.1, 0.15) is 24.0 Å². The third kappa shape index (κ3) is 3.65. The molecule has 3 N–H and O–H groups in total. The van der Waals surface area contributed by atoms with Crippen LogP contribution in [-0.4, -0.2) is 11.4 Å². The Morgan fingerprint density at radius 3 is 2.36 bits per heavy atom. The van der Waals surface area contributed by atoms with Gasteiger partial charge >= 0.3 is 0 Å². The molecule has 0 saturated heterocycles. The zero-order chi connectivity index (χ0) is 15.4. The molecule has 0 unspecified atom stereocenters. The third-order valence-corrected chi connectivity index (χ3v) is 3.87. The normalized spacial score (nSPS) is 15.1. The van der Waals surface area contributed by atoms with E-state index in [1.54, 1.807) is 0 Å². The summed E-state index contributed by atoms with van der Waals surface area (Å²) in [5.41, 5.74) is 7.40. The van der Waals surface area contributed by atoms with Crippen molar-refractivity contribution in [3.8, 4) is 5.75 Å². The number of carbonyl (C=O) groups is 1. The van der Waals surface area contributed by atoms with Crippen molar-refractivity contribution < 1.29 is 9.53 Å². The Kier molecular flexibility index (Phi) is 4.11. The molecular formula is C18H20N2O2. The van der Waals surface area contributed by atoms with Crippen molar-refractivity contribution in [3.63, 3.8) is 0 Å². The second-order valence-electron chi connectivity index (χ2n) is 5.76. The van der Waals surface area contributed by atoms with E-state index in [0.717, 1.165) is 29.7 Å². The molecule has 0 aromatic heterocycles. The monoisotopic (exact) mass is 296 g/mol. The van der Waals surface area contributed by atoms with E-state index >= 15 is 0 Å². The van der Waals surface area contributed by atoms with E-state index in [1.165, 1.54) is 0 Å². The molecule has 0 atom stereocenters. The second-order valence-corrected chi connectivity index (χ2v) is 5.76. The number of rotatable bonds is 6. The van der Waals surface area contributed by atoms with Crippen molar-refractivity contribution in [2.24, 2.45) is 5.73 Å². The van der Waals surface area contributed by atoms with Crippen LogP contribution in [0, 0.1) is 0 Å². The van der Waals surface area contributed by atoms with Gasteiger partial charge in [-0.05, 0) is 36.1 Å². The van der Waals surface area contributed by atoms with E-state index in [-0.39, 0.29) is 5.91 Å². The van der Waals surface area contributed by atoms with Gasteiger partial charge in [0.2, 0.25) is 5.91 Å². The number of amides is 1. The summed E-state index contributed by atoms with van der Waals surface area (Å²) in [6, 6.07) is 17.8. The molecule has 1 aliphatic carbocycles. The van der Waals surface area contributed by atoms with Crippen molar-refractivity contribution in [2.75, 3.05) is 0 Å². The third-order valence-electron chi connectivity index (χ3n) is 3.87. The standard InChI is InChI=1S/C18H20N2O2/c19-18(10-11-18)17(21)20-12-14-6-8-16(9-7-14)22-13-15-4-2-1-3-5-15/h1-9H,10-13,19H2,(H,20,21). The maximum absolute atomic E-state index is 11.8. The summed E-state index contributed by atoms with van der Waals surface area (Å²) in [5, 5.41) is 2.87. The number of hydrogen-bond acceptors (Lipinski definition) is 3. The summed E-state index contributed by atoms with van der Waals surface area (Å²) in [4.78, 5) is 11.8. The average Bonchev–Trinajstić information content (AvgIpc) is 3.31. The minimum absolute atomic E-state index is 0.0584. The topological polar surface area (TPSA) is 64.4 Å². The van der Waals surface area contributed by atoms with Crippen molar-refractivity contribution in [2.45, 2.75) is 31.5 Å². The van der Waals surface area contributed by atoms with Gasteiger partial charge in [0.15, 0.2) is 0 Å². The Balaban J connectivity index is 1.48. The van der Waals surface area contributed by atoms with Gasteiger partial charge in [0, 0.05) is 6.54 Å². The van der Waals surface area contributed by atoms with E-state index < -0.39 is 5.54 Å². The highest BCUT2D eigenvalue weighted by atomic mass is 16.5. The van der Waals surface area contributed by atoms with Gasteiger partial charge in [0.25, 0.3) is 0 Å². The Hall–Kier alpha value is -2.33. The van der Waals surface area contributed by atoms with Gasteiger partial charge in [0.1, 0.15) is 12.4 Å². The molecule has 3 rings (SSSR count). The molecule has 1 fully saturated rings. The number of nitrogens with one attached hydrogen (secondary N) is 1. The number of benzene rings is 2. The van der Waals surface area contributed by atoms with E-state index in [2.05, 4.69) is 5.32 Å². The van der Waals surface area contributed by atoms with Crippen LogP contribution >= 0.6 is 0 Å². The summed E-state index contributed by atoms with van der Waals surface area (Å²) >= 11 is 0. The summed E-state index contributed by atoms with van der Waals surface area (Å²) in [7, 11) is 0. The Morgan fingerprint density at radius 1 is 1.05 bits per heavy atom. The number of nitrogens with two attached hydrogens (primary N) is 1. The van der Waals surface area contributed by atoms with Crippen LogP contribution in [0.4, 0.5) is 0 Å². The van der Waals surface area contributed by atoms with E-state index in [9.17, 15) is 4.79 Å². The lowest BCUT2D eigenvalue weighted by Crippen LogP contribution is -2.42. The maximum Gasteiger partial charge on any atom is 0.240 e. The molecule has 2 aromatic carbocycles. The second kappa shape index (κ2) is 6.20. The maximum atomic E-state index is 11.8. The van der Waals surface area contributed by atoms with Crippen LogP contribution in [0.15, 0.2) is 54.6 Å². The first-order chi connectivity index (χ1) is 10.7. The first-order valence-electron chi connectivity index (χ1n) is 7.49. The Morgan fingerprint density at radius 2 is 1.73 bits per heavy atom. The summed E-state index contributed by atoms with van der Waals surface area (Å²) < 4.78 is 5.73. The van der Waals surface area contributed by atoms with Crippen LogP contribution in [-0.2, 0) is 17.9 Å². The minimum atomic E-state index is -0.612. The lowest BCUT2D eigenvalue weighted by atomic mass is 10.2. The fraction of sp³-hybridized carbons (Fsp3) is 0.278. The van der Waals surface area contributed by atoms with Crippen molar-refractivity contribution in [3.05, 3.63) is 65.7 Å². The van der Waals surface area contributed by atoms with Crippen LogP contribution in [0.2, 0.25) is 0 Å². The van der Waals surface area contributed by atoms with Gasteiger partial charge < -0.3 is 15.8 Å². The van der Waals surface area contributed by atoms with Crippen LogP contribution in [0.5, 0.6) is 5.75 Å². The quantitative estimate of drug-likeness (QED) is 0.860. The fourth-order valence-electron chi connectivity index (χ4n) is 2.16. The molecular weight excluding hydrogens is 276 g/mol. The van der Waals surface area contributed by atoms with Crippen LogP contribution in [0.3, 0.4) is 0 Å². The number of hydrogen-bond donors (Lipinski definition) is 2. The smallest absolute Gasteiger partial charge is 0.240 e. The SMILES string of the molecule is NC1(C(=O)NCc2ccc(OCc3ccccc3)cc2)CC1. The molecule has 0 radical (unpaired) electrons. The molecule has 1 amide bonds. The van der Waals surface area contributed by atoms with Crippen molar-refractivity contribution in [1.29, 1.82) is 0 Å². The van der Waals surface area contributed by atoms with E-state index in [4.69, 9.17) is 10.5 Å². The predicted octanol–water partition coefficient (Wildman–Crippen LogP) is 2.37. The van der Waals surface area contributed by atoms with Crippen molar-refractivity contribution >= 4 is 5.91 Å². The highest BCUT2D eigenvalue weighted by molar-refractivity contribution is 5.88. The van der Waals surface area contributed by atoms with Crippen LogP contribution < -0.4 is 15.8 Å². The minimum Gasteiger partial charge on any atom is -0.489 e. The summed E-state index contributed by atoms with van der Waals surface area (Å²) in [6.45, 7) is 1.05. The van der Waals surface area contributed by atoms with Gasteiger partial charge in [-0.25, -0.2) is 0 Å². The fourth-order valence-corrected chi connectivity index (χ4v) is 2.16. The predicted molar refractivity (Wildman–Crippen MR) is 85.2 cm³/mol. The summed E-state index contributed by atoms with van der Waals surface area (Å²) in [6.07, 6.45) is 1.57. The highest BCUT2D eigenvalue weighted by Crippen LogP contribution is 2.32. The van der Waals surface area contributed by atoms with Gasteiger partial charge in [0.05, 0.1) is 5.54 Å². The highest BCUT2D eigenvalue weighted by Gasteiger charge is 2.45.